The molecule has 2 rings (SSSR count). The number of halogens is 1. The summed E-state index contributed by atoms with van der Waals surface area (Å²) in [5.41, 5.74) is 0.803. The molecular formula is C14H16ClN3O2. The Balaban J connectivity index is 2.11. The number of carboxylic acid groups (broad SMARTS) is 1. The van der Waals surface area contributed by atoms with Crippen LogP contribution in [-0.2, 0) is 11.3 Å². The van der Waals surface area contributed by atoms with Crippen LogP contribution in [-0.4, -0.2) is 33.7 Å². The number of carboxylic acids is 1. The van der Waals surface area contributed by atoms with Crippen molar-refractivity contribution in [2.24, 2.45) is 0 Å². The topological polar surface area (TPSA) is 58.4 Å². The lowest BCUT2D eigenvalue weighted by atomic mass is 10.3. The summed E-state index contributed by atoms with van der Waals surface area (Å²) in [4.78, 5) is 16.9. The average molecular weight is 294 g/mol. The fraction of sp³-hybridized carbons (Fsp3) is 0.286. The molecule has 1 aromatic carbocycles. The zero-order valence-electron chi connectivity index (χ0n) is 11.2. The zero-order valence-corrected chi connectivity index (χ0v) is 11.9. The third-order valence-electron chi connectivity index (χ3n) is 3.03. The molecule has 0 spiro atoms. The first kappa shape index (κ1) is 14.4. The van der Waals surface area contributed by atoms with Gasteiger partial charge in [0, 0.05) is 36.2 Å². The number of hydrogen-bond donors (Lipinski definition) is 1. The minimum atomic E-state index is -0.868. The maximum Gasteiger partial charge on any atom is 0.323 e. The van der Waals surface area contributed by atoms with Crippen LogP contribution in [0.1, 0.15) is 5.82 Å². The number of anilines is 1. The van der Waals surface area contributed by atoms with Gasteiger partial charge < -0.3 is 14.6 Å². The van der Waals surface area contributed by atoms with Gasteiger partial charge in [0.15, 0.2) is 0 Å². The number of aromatic nitrogens is 2. The van der Waals surface area contributed by atoms with Gasteiger partial charge in [-0.2, -0.15) is 0 Å². The van der Waals surface area contributed by atoms with E-state index in [4.69, 9.17) is 16.7 Å². The second-order valence-corrected chi connectivity index (χ2v) is 4.90. The molecule has 0 atom stereocenters. The largest absolute Gasteiger partial charge is 0.480 e. The van der Waals surface area contributed by atoms with E-state index in [1.165, 1.54) is 0 Å². The van der Waals surface area contributed by atoms with Crippen molar-refractivity contribution in [2.75, 3.05) is 18.0 Å². The van der Waals surface area contributed by atoms with Gasteiger partial charge in [0.2, 0.25) is 0 Å². The summed E-state index contributed by atoms with van der Waals surface area (Å²) in [7, 11) is 0. The highest BCUT2D eigenvalue weighted by atomic mass is 35.5. The van der Waals surface area contributed by atoms with Crippen LogP contribution in [0.2, 0.25) is 5.02 Å². The van der Waals surface area contributed by atoms with Gasteiger partial charge in [0.25, 0.3) is 0 Å². The predicted octanol–water partition coefficient (Wildman–Crippen LogP) is 2.44. The average Bonchev–Trinajstić information content (AvgIpc) is 2.80. The lowest BCUT2D eigenvalue weighted by Gasteiger charge is -2.23. The Hall–Kier alpha value is -2.01. The molecule has 0 saturated carbocycles. The van der Waals surface area contributed by atoms with Crippen LogP contribution >= 0.6 is 11.6 Å². The van der Waals surface area contributed by atoms with Crippen molar-refractivity contribution in [1.29, 1.82) is 0 Å². The molecule has 0 fully saturated rings. The number of carbonyl (C=O) groups is 1. The number of nitrogens with zero attached hydrogens (tertiary/aromatic N) is 3. The zero-order chi connectivity index (χ0) is 14.5. The van der Waals surface area contributed by atoms with Gasteiger partial charge in [-0.1, -0.05) is 17.7 Å². The van der Waals surface area contributed by atoms with E-state index in [-0.39, 0.29) is 6.54 Å². The molecule has 0 amide bonds. The molecule has 0 bridgehead atoms. The maximum absolute atomic E-state index is 11.0. The Morgan fingerprint density at radius 1 is 1.50 bits per heavy atom. The lowest BCUT2D eigenvalue weighted by Crippen LogP contribution is -2.32. The van der Waals surface area contributed by atoms with Gasteiger partial charge in [0.05, 0.1) is 0 Å². The molecule has 0 aliphatic rings. The van der Waals surface area contributed by atoms with E-state index in [0.29, 0.717) is 18.1 Å². The standard InChI is InChI=1S/C14H16ClN3O2/c1-11-16-5-6-17(11)7-8-18(10-14(19)20)13-4-2-3-12(15)9-13/h2-6,9H,7-8,10H2,1H3,(H,19,20). The molecule has 0 saturated heterocycles. The number of hydrogen-bond acceptors (Lipinski definition) is 3. The molecule has 1 heterocycles. The summed E-state index contributed by atoms with van der Waals surface area (Å²) in [5.74, 6) is 0.0405. The number of rotatable bonds is 6. The minimum Gasteiger partial charge on any atom is -0.480 e. The summed E-state index contributed by atoms with van der Waals surface area (Å²) in [6.07, 6.45) is 3.61. The Labute approximate surface area is 122 Å². The van der Waals surface area contributed by atoms with E-state index in [9.17, 15) is 4.79 Å². The van der Waals surface area contributed by atoms with Crippen molar-refractivity contribution in [2.45, 2.75) is 13.5 Å². The molecule has 106 valence electrons. The molecular weight excluding hydrogens is 278 g/mol. The summed E-state index contributed by atoms with van der Waals surface area (Å²) >= 11 is 5.96. The van der Waals surface area contributed by atoms with Crippen molar-refractivity contribution in [3.8, 4) is 0 Å². The van der Waals surface area contributed by atoms with E-state index in [2.05, 4.69) is 4.98 Å². The molecule has 0 unspecified atom stereocenters. The van der Waals surface area contributed by atoms with Crippen molar-refractivity contribution in [3.63, 3.8) is 0 Å². The van der Waals surface area contributed by atoms with Crippen LogP contribution < -0.4 is 4.90 Å². The molecule has 1 N–H and O–H groups in total. The SMILES string of the molecule is Cc1nccn1CCN(CC(=O)O)c1cccc(Cl)c1. The summed E-state index contributed by atoms with van der Waals surface area (Å²) < 4.78 is 1.99. The molecule has 0 aliphatic carbocycles. The third kappa shape index (κ3) is 3.74. The van der Waals surface area contributed by atoms with Crippen LogP contribution in [0.4, 0.5) is 5.69 Å². The summed E-state index contributed by atoms with van der Waals surface area (Å²) in [6, 6.07) is 7.21. The van der Waals surface area contributed by atoms with E-state index in [1.54, 1.807) is 23.2 Å². The first-order valence-corrected chi connectivity index (χ1v) is 6.64. The van der Waals surface area contributed by atoms with E-state index in [0.717, 1.165) is 11.5 Å². The van der Waals surface area contributed by atoms with Crippen LogP contribution in [0.15, 0.2) is 36.7 Å². The van der Waals surface area contributed by atoms with Crippen LogP contribution in [0.3, 0.4) is 0 Å². The molecule has 5 nitrogen and oxygen atoms in total. The van der Waals surface area contributed by atoms with Crippen molar-refractivity contribution in [1.82, 2.24) is 9.55 Å². The van der Waals surface area contributed by atoms with Gasteiger partial charge in [0.1, 0.15) is 12.4 Å². The van der Waals surface area contributed by atoms with E-state index in [1.807, 2.05) is 29.8 Å². The number of aliphatic carboxylic acids is 1. The van der Waals surface area contributed by atoms with Gasteiger partial charge in [-0.25, -0.2) is 4.98 Å². The van der Waals surface area contributed by atoms with Gasteiger partial charge in [-0.05, 0) is 25.1 Å². The first-order chi connectivity index (χ1) is 9.56. The Morgan fingerprint density at radius 2 is 2.30 bits per heavy atom. The normalized spacial score (nSPS) is 10.5. The Bertz CT molecular complexity index is 598. The van der Waals surface area contributed by atoms with Crippen LogP contribution in [0.5, 0.6) is 0 Å². The Kier molecular flexibility index (Phi) is 4.63. The molecule has 2 aromatic rings. The fourth-order valence-corrected chi connectivity index (χ4v) is 2.19. The second-order valence-electron chi connectivity index (χ2n) is 4.46. The van der Waals surface area contributed by atoms with E-state index >= 15 is 0 Å². The summed E-state index contributed by atoms with van der Waals surface area (Å²) in [6.45, 7) is 3.10. The molecule has 0 aliphatic heterocycles. The highest BCUT2D eigenvalue weighted by molar-refractivity contribution is 6.30. The van der Waals surface area contributed by atoms with Crippen molar-refractivity contribution < 1.29 is 9.90 Å². The third-order valence-corrected chi connectivity index (χ3v) is 3.27. The summed E-state index contributed by atoms with van der Waals surface area (Å²) in [5, 5.41) is 9.63. The molecule has 1 aromatic heterocycles. The first-order valence-electron chi connectivity index (χ1n) is 6.26. The maximum atomic E-state index is 11.0. The number of benzene rings is 1. The molecule has 20 heavy (non-hydrogen) atoms. The van der Waals surface area contributed by atoms with Crippen LogP contribution in [0, 0.1) is 6.92 Å². The quantitative estimate of drug-likeness (QED) is 0.889. The lowest BCUT2D eigenvalue weighted by molar-refractivity contribution is -0.135. The van der Waals surface area contributed by atoms with Crippen molar-refractivity contribution >= 4 is 23.3 Å². The van der Waals surface area contributed by atoms with Crippen molar-refractivity contribution in [3.05, 3.63) is 47.5 Å². The fourth-order valence-electron chi connectivity index (χ4n) is 2.00. The molecule has 6 heteroatoms. The van der Waals surface area contributed by atoms with Gasteiger partial charge >= 0.3 is 5.97 Å². The predicted molar refractivity (Wildman–Crippen MR) is 78.3 cm³/mol. The highest BCUT2D eigenvalue weighted by Gasteiger charge is 2.11. The monoisotopic (exact) mass is 293 g/mol. The highest BCUT2D eigenvalue weighted by Crippen LogP contribution is 2.19. The van der Waals surface area contributed by atoms with Crippen LogP contribution in [0.25, 0.3) is 0 Å². The minimum absolute atomic E-state index is 0.0614. The molecule has 0 radical (unpaired) electrons. The van der Waals surface area contributed by atoms with E-state index < -0.39 is 5.97 Å². The van der Waals surface area contributed by atoms with Gasteiger partial charge in [-0.3, -0.25) is 4.79 Å². The van der Waals surface area contributed by atoms with Gasteiger partial charge in [-0.15, -0.1) is 0 Å². The Morgan fingerprint density at radius 3 is 2.90 bits per heavy atom. The number of imidazole rings is 1. The number of aryl methyl sites for hydroxylation is 1. The second kappa shape index (κ2) is 6.43. The smallest absolute Gasteiger partial charge is 0.323 e.